The Morgan fingerprint density at radius 2 is 1.19 bits per heavy atom. The second-order valence-corrected chi connectivity index (χ2v) is 6.99. The molecule has 0 aromatic heterocycles. The summed E-state index contributed by atoms with van der Waals surface area (Å²) >= 11 is 12.1. The third-order valence-corrected chi connectivity index (χ3v) is 5.20. The zero-order valence-electron chi connectivity index (χ0n) is 12.3. The predicted octanol–water partition coefficient (Wildman–Crippen LogP) is 5.00. The van der Waals surface area contributed by atoms with E-state index in [4.69, 9.17) is 23.2 Å². The van der Waals surface area contributed by atoms with Crippen molar-refractivity contribution in [2.75, 3.05) is 14.1 Å². The number of hydrogen-bond acceptors (Lipinski definition) is 1. The molecule has 110 valence electrons. The molecule has 0 radical (unpaired) electrons. The van der Waals surface area contributed by atoms with Crippen LogP contribution in [0, 0.1) is 0 Å². The Hall–Kier alpha value is -1.02. The average Bonchev–Trinajstić information content (AvgIpc) is 2.41. The largest absolute Gasteiger partial charge is 0.306 e. The lowest BCUT2D eigenvalue weighted by Crippen LogP contribution is -2.51. The Labute approximate surface area is 136 Å². The van der Waals surface area contributed by atoms with Crippen molar-refractivity contribution in [2.45, 2.75) is 24.3 Å². The normalized spacial score (nSPS) is 17.8. The maximum atomic E-state index is 6.04. The second-order valence-electron chi connectivity index (χ2n) is 6.12. The fourth-order valence-electron chi connectivity index (χ4n) is 3.29. The maximum absolute atomic E-state index is 6.04. The van der Waals surface area contributed by atoms with Crippen molar-refractivity contribution in [3.63, 3.8) is 0 Å². The predicted molar refractivity (Wildman–Crippen MR) is 90.4 cm³/mol. The van der Waals surface area contributed by atoms with Gasteiger partial charge in [0.1, 0.15) is 0 Å². The van der Waals surface area contributed by atoms with Gasteiger partial charge in [0.2, 0.25) is 0 Å². The molecule has 0 saturated heterocycles. The number of nitrogens with zero attached hydrogens (tertiary/aromatic N) is 1. The highest BCUT2D eigenvalue weighted by Gasteiger charge is 2.47. The Morgan fingerprint density at radius 3 is 1.52 bits per heavy atom. The molecule has 0 N–H and O–H groups in total. The molecule has 2 aromatic carbocycles. The molecule has 1 aliphatic carbocycles. The van der Waals surface area contributed by atoms with Crippen molar-refractivity contribution in [1.82, 2.24) is 4.90 Å². The van der Waals surface area contributed by atoms with Crippen LogP contribution in [0.4, 0.5) is 0 Å². The summed E-state index contributed by atoms with van der Waals surface area (Å²) in [6.45, 7) is 0. The van der Waals surface area contributed by atoms with Gasteiger partial charge in [-0.15, -0.1) is 0 Å². The second kappa shape index (κ2) is 5.64. The summed E-state index contributed by atoms with van der Waals surface area (Å²) in [6.07, 6.45) is 2.26. The van der Waals surface area contributed by atoms with Gasteiger partial charge in [-0.1, -0.05) is 47.5 Å². The molecule has 2 aromatic rings. The fraction of sp³-hybridized carbons (Fsp3) is 0.333. The minimum absolute atomic E-state index is 0.0874. The van der Waals surface area contributed by atoms with E-state index in [0.29, 0.717) is 6.04 Å². The number of halogens is 2. The summed E-state index contributed by atoms with van der Waals surface area (Å²) in [5, 5.41) is 1.57. The summed E-state index contributed by atoms with van der Waals surface area (Å²) in [7, 11) is 4.30. The first kappa shape index (κ1) is 14.9. The van der Waals surface area contributed by atoms with Gasteiger partial charge >= 0.3 is 0 Å². The van der Waals surface area contributed by atoms with Crippen LogP contribution in [0.25, 0.3) is 0 Å². The molecule has 0 spiro atoms. The van der Waals surface area contributed by atoms with E-state index in [1.807, 2.05) is 24.3 Å². The van der Waals surface area contributed by atoms with Crippen LogP contribution in [0.1, 0.15) is 24.0 Å². The number of benzene rings is 2. The molecule has 1 fully saturated rings. The van der Waals surface area contributed by atoms with Crippen molar-refractivity contribution in [3.8, 4) is 0 Å². The van der Waals surface area contributed by atoms with Crippen LogP contribution in [-0.2, 0) is 5.41 Å². The Morgan fingerprint density at radius 1 is 0.810 bits per heavy atom. The van der Waals surface area contributed by atoms with Crippen LogP contribution in [0.2, 0.25) is 10.0 Å². The molecular formula is C18H19Cl2N. The third kappa shape index (κ3) is 2.70. The molecule has 0 heterocycles. The first-order valence-electron chi connectivity index (χ1n) is 7.20. The highest BCUT2D eigenvalue weighted by Crippen LogP contribution is 2.50. The summed E-state index contributed by atoms with van der Waals surface area (Å²) in [6, 6.07) is 17.2. The molecule has 1 aliphatic rings. The van der Waals surface area contributed by atoms with E-state index in [-0.39, 0.29) is 5.41 Å². The summed E-state index contributed by atoms with van der Waals surface area (Å²) < 4.78 is 0. The molecule has 3 rings (SSSR count). The molecule has 0 amide bonds. The topological polar surface area (TPSA) is 3.24 Å². The number of hydrogen-bond donors (Lipinski definition) is 0. The van der Waals surface area contributed by atoms with E-state index in [0.717, 1.165) is 22.9 Å². The molecular weight excluding hydrogens is 301 g/mol. The molecule has 1 nitrogen and oxygen atoms in total. The van der Waals surface area contributed by atoms with Gasteiger partial charge in [-0.3, -0.25) is 0 Å². The van der Waals surface area contributed by atoms with E-state index in [1.165, 1.54) is 11.1 Å². The zero-order chi connectivity index (χ0) is 15.0. The minimum Gasteiger partial charge on any atom is -0.306 e. The summed E-state index contributed by atoms with van der Waals surface area (Å²) in [5.41, 5.74) is 2.77. The molecule has 1 saturated carbocycles. The van der Waals surface area contributed by atoms with Crippen molar-refractivity contribution in [3.05, 3.63) is 69.7 Å². The van der Waals surface area contributed by atoms with Gasteiger partial charge in [-0.05, 0) is 62.3 Å². The van der Waals surface area contributed by atoms with Crippen molar-refractivity contribution in [1.29, 1.82) is 0 Å². The van der Waals surface area contributed by atoms with Crippen LogP contribution in [0.5, 0.6) is 0 Å². The molecule has 0 atom stereocenters. The van der Waals surface area contributed by atoms with Gasteiger partial charge in [-0.25, -0.2) is 0 Å². The van der Waals surface area contributed by atoms with Crippen LogP contribution in [0.15, 0.2) is 48.5 Å². The SMILES string of the molecule is CN(C)C1CC(c2ccc(Cl)cc2)(c2ccc(Cl)cc2)C1. The third-order valence-electron chi connectivity index (χ3n) is 4.69. The minimum atomic E-state index is 0.0874. The van der Waals surface area contributed by atoms with Gasteiger partial charge in [0.05, 0.1) is 0 Å². The Bertz CT molecular complexity index is 563. The highest BCUT2D eigenvalue weighted by atomic mass is 35.5. The van der Waals surface area contributed by atoms with Gasteiger partial charge in [0.25, 0.3) is 0 Å². The Balaban J connectivity index is 2.00. The highest BCUT2D eigenvalue weighted by molar-refractivity contribution is 6.30. The van der Waals surface area contributed by atoms with Crippen LogP contribution < -0.4 is 0 Å². The monoisotopic (exact) mass is 319 g/mol. The van der Waals surface area contributed by atoms with Crippen molar-refractivity contribution >= 4 is 23.2 Å². The van der Waals surface area contributed by atoms with E-state index in [1.54, 1.807) is 0 Å². The Kier molecular flexibility index (Phi) is 4.00. The van der Waals surface area contributed by atoms with Crippen molar-refractivity contribution < 1.29 is 0 Å². The molecule has 21 heavy (non-hydrogen) atoms. The van der Waals surface area contributed by atoms with Gasteiger partial charge in [0.15, 0.2) is 0 Å². The van der Waals surface area contributed by atoms with Crippen LogP contribution >= 0.6 is 23.2 Å². The molecule has 0 aliphatic heterocycles. The smallest absolute Gasteiger partial charge is 0.0406 e. The lowest BCUT2D eigenvalue weighted by molar-refractivity contribution is 0.117. The maximum Gasteiger partial charge on any atom is 0.0406 e. The van der Waals surface area contributed by atoms with Crippen LogP contribution in [0.3, 0.4) is 0 Å². The lowest BCUT2D eigenvalue weighted by Gasteiger charge is -2.51. The average molecular weight is 320 g/mol. The van der Waals surface area contributed by atoms with Gasteiger partial charge < -0.3 is 4.90 Å². The summed E-state index contributed by atoms with van der Waals surface area (Å²) in [4.78, 5) is 2.31. The number of rotatable bonds is 3. The summed E-state index contributed by atoms with van der Waals surface area (Å²) in [5.74, 6) is 0. The van der Waals surface area contributed by atoms with Crippen LogP contribution in [-0.4, -0.2) is 25.0 Å². The zero-order valence-corrected chi connectivity index (χ0v) is 13.8. The molecule has 3 heteroatoms. The first-order valence-corrected chi connectivity index (χ1v) is 7.95. The van der Waals surface area contributed by atoms with Crippen molar-refractivity contribution in [2.24, 2.45) is 0 Å². The fourth-order valence-corrected chi connectivity index (χ4v) is 3.54. The van der Waals surface area contributed by atoms with E-state index in [2.05, 4.69) is 43.3 Å². The van der Waals surface area contributed by atoms with Gasteiger partial charge in [0, 0.05) is 21.5 Å². The molecule has 0 unspecified atom stereocenters. The standard InChI is InChI=1S/C18H19Cl2N/c1-21(2)17-11-18(12-17,13-3-7-15(19)8-4-13)14-5-9-16(20)10-6-14/h3-10,17H,11-12H2,1-2H3. The van der Waals surface area contributed by atoms with E-state index < -0.39 is 0 Å². The van der Waals surface area contributed by atoms with Gasteiger partial charge in [-0.2, -0.15) is 0 Å². The first-order chi connectivity index (χ1) is 10.0. The molecule has 0 bridgehead atoms. The lowest BCUT2D eigenvalue weighted by atomic mass is 9.58. The quantitative estimate of drug-likeness (QED) is 0.769. The van der Waals surface area contributed by atoms with E-state index >= 15 is 0 Å². The van der Waals surface area contributed by atoms with E-state index in [9.17, 15) is 0 Å².